The van der Waals surface area contributed by atoms with E-state index < -0.39 is 0 Å². The summed E-state index contributed by atoms with van der Waals surface area (Å²) in [7, 11) is 0. The van der Waals surface area contributed by atoms with Gasteiger partial charge in [0.05, 0.1) is 11.4 Å². The number of hydrogen-bond donors (Lipinski definition) is 0. The topological polar surface area (TPSA) is 6.48 Å². The second kappa shape index (κ2) is 13.4. The third-order valence-electron chi connectivity index (χ3n) is 10.5. The molecule has 0 fully saturated rings. The van der Waals surface area contributed by atoms with Crippen LogP contribution in [0, 0.1) is 0 Å². The maximum absolute atomic E-state index is 2.43. The fraction of sp³-hybridized carbons (Fsp3) is 0. The van der Waals surface area contributed by atoms with E-state index >= 15 is 0 Å². The Labute approximate surface area is 315 Å². The molecule has 0 saturated carbocycles. The normalized spacial score (nSPS) is 11.3. The highest BCUT2D eigenvalue weighted by molar-refractivity contribution is 6.15. The van der Waals surface area contributed by atoms with Crippen LogP contribution in [0.3, 0.4) is 0 Å². The molecule has 2 nitrogen and oxygen atoms in total. The Balaban J connectivity index is 1.17. The predicted octanol–water partition coefficient (Wildman–Crippen LogP) is 14.9. The van der Waals surface area contributed by atoms with Crippen molar-refractivity contribution in [2.75, 3.05) is 9.80 Å². The molecule has 0 aliphatic rings. The van der Waals surface area contributed by atoms with Crippen molar-refractivity contribution in [3.8, 4) is 11.1 Å². The standard InChI is InChI=1S/C52H36N2/c1-3-23-43(24-4-1)53(51-47-29-11-7-17-39(47)33-40-18-8-12-30-48(40)51)45-27-15-21-37(35-45)38-22-16-28-46(36-38)54(44-25-5-2-6-26-44)52-49-31-13-9-19-41(49)34-42-20-10-14-32-50(42)52/h1-36H. The highest BCUT2D eigenvalue weighted by Crippen LogP contribution is 2.46. The van der Waals surface area contributed by atoms with Crippen LogP contribution in [0.1, 0.15) is 0 Å². The van der Waals surface area contributed by atoms with Crippen molar-refractivity contribution in [3.05, 3.63) is 218 Å². The minimum absolute atomic E-state index is 1.10. The Morgan fingerprint density at radius 2 is 0.519 bits per heavy atom. The van der Waals surface area contributed by atoms with Crippen molar-refractivity contribution in [2.45, 2.75) is 0 Å². The SMILES string of the molecule is c1ccc(N(c2cccc(-c3cccc(N(c4ccccc4)c4c5ccccc5cc5ccccc45)c3)c2)c2c3ccccc3cc3ccccc23)cc1. The summed E-state index contributed by atoms with van der Waals surface area (Å²) in [4.78, 5) is 4.85. The second-order valence-corrected chi connectivity index (χ2v) is 13.8. The Morgan fingerprint density at radius 3 is 0.870 bits per heavy atom. The van der Waals surface area contributed by atoms with Crippen LogP contribution in [0.5, 0.6) is 0 Å². The molecule has 0 bridgehead atoms. The van der Waals surface area contributed by atoms with Gasteiger partial charge in [0.2, 0.25) is 0 Å². The quantitative estimate of drug-likeness (QED) is 0.154. The lowest BCUT2D eigenvalue weighted by molar-refractivity contribution is 1.30. The molecule has 0 saturated heterocycles. The molecule has 0 amide bonds. The molecule has 10 rings (SSSR count). The molecule has 54 heavy (non-hydrogen) atoms. The molecule has 2 heteroatoms. The van der Waals surface area contributed by atoms with Gasteiger partial charge in [-0.3, -0.25) is 0 Å². The van der Waals surface area contributed by atoms with Crippen LogP contribution in [0.2, 0.25) is 0 Å². The van der Waals surface area contributed by atoms with E-state index in [2.05, 4.69) is 228 Å². The van der Waals surface area contributed by atoms with Gasteiger partial charge in [-0.1, -0.05) is 158 Å². The van der Waals surface area contributed by atoms with E-state index in [0.717, 1.165) is 33.9 Å². The highest BCUT2D eigenvalue weighted by Gasteiger charge is 2.21. The molecule has 0 N–H and O–H groups in total. The molecule has 0 aliphatic heterocycles. The maximum Gasteiger partial charge on any atom is 0.0618 e. The average molecular weight is 689 g/mol. The first-order chi connectivity index (χ1) is 26.8. The van der Waals surface area contributed by atoms with Gasteiger partial charge >= 0.3 is 0 Å². The van der Waals surface area contributed by atoms with Gasteiger partial charge in [-0.25, -0.2) is 0 Å². The largest absolute Gasteiger partial charge is 0.309 e. The fourth-order valence-corrected chi connectivity index (χ4v) is 8.08. The Morgan fingerprint density at radius 1 is 0.222 bits per heavy atom. The first-order valence-electron chi connectivity index (χ1n) is 18.5. The monoisotopic (exact) mass is 688 g/mol. The van der Waals surface area contributed by atoms with Crippen molar-refractivity contribution in [2.24, 2.45) is 0 Å². The van der Waals surface area contributed by atoms with E-state index in [-0.39, 0.29) is 0 Å². The highest BCUT2D eigenvalue weighted by atomic mass is 15.2. The number of rotatable bonds is 7. The zero-order valence-electron chi connectivity index (χ0n) is 29.7. The zero-order valence-corrected chi connectivity index (χ0v) is 29.7. The molecule has 0 aliphatic carbocycles. The Hall–Kier alpha value is -7.16. The van der Waals surface area contributed by atoms with Gasteiger partial charge < -0.3 is 9.80 Å². The van der Waals surface area contributed by atoms with E-state index in [1.165, 1.54) is 54.5 Å². The van der Waals surface area contributed by atoms with Gasteiger partial charge in [0.15, 0.2) is 0 Å². The molecule has 0 atom stereocenters. The predicted molar refractivity (Wildman–Crippen MR) is 231 cm³/mol. The average Bonchev–Trinajstić information content (AvgIpc) is 3.24. The first kappa shape index (κ1) is 31.6. The fourth-order valence-electron chi connectivity index (χ4n) is 8.08. The third kappa shape index (κ3) is 5.53. The minimum Gasteiger partial charge on any atom is -0.309 e. The molecule has 0 aromatic heterocycles. The lowest BCUT2D eigenvalue weighted by Crippen LogP contribution is -2.11. The van der Waals surface area contributed by atoms with E-state index in [1.807, 2.05) is 0 Å². The first-order valence-corrected chi connectivity index (χ1v) is 18.5. The van der Waals surface area contributed by atoms with Gasteiger partial charge in [-0.2, -0.15) is 0 Å². The summed E-state index contributed by atoms with van der Waals surface area (Å²) in [6.45, 7) is 0. The van der Waals surface area contributed by atoms with Crippen LogP contribution in [0.4, 0.5) is 34.1 Å². The van der Waals surface area contributed by atoms with E-state index in [4.69, 9.17) is 0 Å². The van der Waals surface area contributed by atoms with Crippen molar-refractivity contribution in [1.29, 1.82) is 0 Å². The number of nitrogens with zero attached hydrogens (tertiary/aromatic N) is 2. The van der Waals surface area contributed by atoms with E-state index in [1.54, 1.807) is 0 Å². The van der Waals surface area contributed by atoms with Crippen LogP contribution >= 0.6 is 0 Å². The van der Waals surface area contributed by atoms with Crippen LogP contribution in [-0.4, -0.2) is 0 Å². The van der Waals surface area contributed by atoms with Crippen LogP contribution in [0.25, 0.3) is 54.2 Å². The minimum atomic E-state index is 1.10. The molecule has 0 heterocycles. The van der Waals surface area contributed by atoms with Gasteiger partial charge in [-0.15, -0.1) is 0 Å². The molecule has 10 aromatic carbocycles. The number of hydrogen-bond acceptors (Lipinski definition) is 2. The summed E-state index contributed by atoms with van der Waals surface area (Å²) in [6, 6.07) is 79.0. The van der Waals surface area contributed by atoms with Crippen molar-refractivity contribution < 1.29 is 0 Å². The van der Waals surface area contributed by atoms with Gasteiger partial charge in [0.1, 0.15) is 0 Å². The summed E-state index contributed by atoms with van der Waals surface area (Å²) in [5, 5.41) is 9.75. The number of benzene rings is 10. The lowest BCUT2D eigenvalue weighted by Gasteiger charge is -2.29. The molecule has 254 valence electrons. The Kier molecular flexibility index (Phi) is 7.85. The van der Waals surface area contributed by atoms with Gasteiger partial charge in [0, 0.05) is 44.3 Å². The van der Waals surface area contributed by atoms with Crippen LogP contribution in [-0.2, 0) is 0 Å². The lowest BCUT2D eigenvalue weighted by atomic mass is 9.97. The summed E-state index contributed by atoms with van der Waals surface area (Å²) in [5.41, 5.74) is 9.09. The molecule has 10 aromatic rings. The molecular weight excluding hydrogens is 653 g/mol. The van der Waals surface area contributed by atoms with Crippen LogP contribution in [0.15, 0.2) is 218 Å². The summed E-state index contributed by atoms with van der Waals surface area (Å²) < 4.78 is 0. The Bertz CT molecular complexity index is 2640. The number of anilines is 6. The zero-order chi connectivity index (χ0) is 35.8. The molecule has 0 radical (unpaired) electrons. The van der Waals surface area contributed by atoms with Crippen LogP contribution < -0.4 is 9.80 Å². The van der Waals surface area contributed by atoms with Crippen molar-refractivity contribution in [3.63, 3.8) is 0 Å². The van der Waals surface area contributed by atoms with E-state index in [0.29, 0.717) is 0 Å². The van der Waals surface area contributed by atoms with Gasteiger partial charge in [-0.05, 0) is 93.3 Å². The van der Waals surface area contributed by atoms with Crippen molar-refractivity contribution in [1.82, 2.24) is 0 Å². The van der Waals surface area contributed by atoms with Crippen molar-refractivity contribution >= 4 is 77.2 Å². The van der Waals surface area contributed by atoms with E-state index in [9.17, 15) is 0 Å². The number of fused-ring (bicyclic) bond motifs is 4. The molecular formula is C52H36N2. The summed E-state index contributed by atoms with van der Waals surface area (Å²) in [5.74, 6) is 0. The van der Waals surface area contributed by atoms with Gasteiger partial charge in [0.25, 0.3) is 0 Å². The second-order valence-electron chi connectivity index (χ2n) is 13.8. The smallest absolute Gasteiger partial charge is 0.0618 e. The third-order valence-corrected chi connectivity index (χ3v) is 10.5. The number of para-hydroxylation sites is 2. The summed E-state index contributed by atoms with van der Waals surface area (Å²) >= 11 is 0. The molecule has 0 unspecified atom stereocenters. The summed E-state index contributed by atoms with van der Waals surface area (Å²) in [6.07, 6.45) is 0. The maximum atomic E-state index is 2.43. The molecule has 0 spiro atoms.